The summed E-state index contributed by atoms with van der Waals surface area (Å²) in [5.74, 6) is 1.15. The summed E-state index contributed by atoms with van der Waals surface area (Å²) >= 11 is 0. The first kappa shape index (κ1) is 26.9. The number of ether oxygens (including phenoxy) is 2. The maximum atomic E-state index is 11.2. The van der Waals surface area contributed by atoms with Gasteiger partial charge in [0.1, 0.15) is 6.10 Å². The molecule has 1 aliphatic rings. The summed E-state index contributed by atoms with van der Waals surface area (Å²) in [4.78, 5) is 11.2. The molecule has 198 valence electrons. The van der Waals surface area contributed by atoms with Gasteiger partial charge in [0, 0.05) is 12.0 Å². The van der Waals surface area contributed by atoms with Crippen LogP contribution in [0.1, 0.15) is 61.4 Å². The van der Waals surface area contributed by atoms with Gasteiger partial charge in [-0.05, 0) is 74.6 Å². The maximum Gasteiger partial charge on any atom is 0.294 e. The van der Waals surface area contributed by atoms with E-state index < -0.39 is 12.3 Å². The third kappa shape index (κ3) is 7.44. The summed E-state index contributed by atoms with van der Waals surface area (Å²) in [6, 6.07) is 16.6. The monoisotopic (exact) mass is 507 g/mol. The lowest BCUT2D eigenvalue weighted by atomic mass is 9.88. The van der Waals surface area contributed by atoms with Crippen molar-refractivity contribution in [3.63, 3.8) is 0 Å². The molecule has 0 bridgehead atoms. The highest BCUT2D eigenvalue weighted by Gasteiger charge is 2.33. The highest BCUT2D eigenvalue weighted by atomic mass is 16.6. The van der Waals surface area contributed by atoms with E-state index in [2.05, 4.69) is 70.1 Å². The first-order chi connectivity index (χ1) is 17.8. The number of aromatic nitrogens is 4. The quantitative estimate of drug-likeness (QED) is 0.225. The average Bonchev–Trinajstić information content (AvgIpc) is 3.54. The molecule has 0 saturated carbocycles. The molecule has 0 amide bonds. The van der Waals surface area contributed by atoms with Gasteiger partial charge in [0.2, 0.25) is 0 Å². The zero-order valence-electron chi connectivity index (χ0n) is 21.8. The van der Waals surface area contributed by atoms with Gasteiger partial charge < -0.3 is 14.6 Å². The van der Waals surface area contributed by atoms with Crippen LogP contribution in [0.3, 0.4) is 0 Å². The normalized spacial score (nSPS) is 16.2. The second kappa shape index (κ2) is 12.4. The molecule has 4 rings (SSSR count). The second-order valence-corrected chi connectivity index (χ2v) is 10.5. The van der Waals surface area contributed by atoms with Crippen molar-refractivity contribution in [1.82, 2.24) is 25.9 Å². The Labute approximate surface area is 218 Å². The fourth-order valence-electron chi connectivity index (χ4n) is 5.35. The van der Waals surface area contributed by atoms with Crippen molar-refractivity contribution in [2.24, 2.45) is 5.92 Å². The number of benzene rings is 2. The number of hydrogen-bond acceptors (Lipinski definition) is 8. The first-order valence-corrected chi connectivity index (χ1v) is 12.9. The largest absolute Gasteiger partial charge is 0.446 e. The number of carbonyl (C=O) groups excluding carboxylic acids is 1. The van der Waals surface area contributed by atoms with Crippen molar-refractivity contribution < 1.29 is 19.4 Å². The van der Waals surface area contributed by atoms with Gasteiger partial charge in [0.25, 0.3) is 6.47 Å². The fourth-order valence-corrected chi connectivity index (χ4v) is 5.35. The van der Waals surface area contributed by atoms with Crippen LogP contribution in [0.4, 0.5) is 0 Å². The number of nitrogens with one attached hydrogen (secondary N) is 2. The molecule has 37 heavy (non-hydrogen) atoms. The summed E-state index contributed by atoms with van der Waals surface area (Å²) in [5.41, 5.74) is 4.61. The molecular formula is C28H37N5O4. The Kier molecular flexibility index (Phi) is 9.02. The van der Waals surface area contributed by atoms with E-state index in [1.807, 2.05) is 25.1 Å². The summed E-state index contributed by atoms with van der Waals surface area (Å²) in [6.07, 6.45) is 2.19. The lowest BCUT2D eigenvalue weighted by Crippen LogP contribution is -2.54. The van der Waals surface area contributed by atoms with Gasteiger partial charge in [-0.25, -0.2) is 0 Å². The van der Waals surface area contributed by atoms with E-state index >= 15 is 0 Å². The Morgan fingerprint density at radius 2 is 1.84 bits per heavy atom. The molecule has 1 heterocycles. The van der Waals surface area contributed by atoms with Crippen LogP contribution in [-0.2, 0) is 40.0 Å². The van der Waals surface area contributed by atoms with E-state index in [1.165, 1.54) is 11.1 Å². The Bertz CT molecular complexity index is 1110. The number of aryl methyl sites for hydroxylation is 2. The lowest BCUT2D eigenvalue weighted by molar-refractivity contribution is -0.148. The Morgan fingerprint density at radius 1 is 1.14 bits per heavy atom. The second-order valence-electron chi connectivity index (χ2n) is 10.5. The van der Waals surface area contributed by atoms with E-state index in [-0.39, 0.29) is 18.2 Å². The third-order valence-electron chi connectivity index (χ3n) is 7.04. The maximum absolute atomic E-state index is 11.2. The molecule has 0 radical (unpaired) electrons. The number of carbonyl (C=O) groups is 1. The third-order valence-corrected chi connectivity index (χ3v) is 7.04. The molecule has 3 atom stereocenters. The smallest absolute Gasteiger partial charge is 0.294 e. The SMILES string of the molecule is C[C@@H](OC[C@@H](O)C(NC(C)(C)CC1Cc2ccccc2C1)OC=O)c1ccccc1CCc1nn[nH]n1. The molecule has 9 nitrogen and oxygen atoms in total. The zero-order chi connectivity index (χ0) is 26.3. The first-order valence-electron chi connectivity index (χ1n) is 12.9. The summed E-state index contributed by atoms with van der Waals surface area (Å²) in [7, 11) is 0. The molecule has 1 aliphatic carbocycles. The summed E-state index contributed by atoms with van der Waals surface area (Å²) in [5, 5.41) is 28.4. The van der Waals surface area contributed by atoms with Gasteiger partial charge in [-0.2, -0.15) is 5.21 Å². The molecule has 3 aromatic rings. The number of aliphatic hydroxyl groups is 1. The van der Waals surface area contributed by atoms with E-state index in [9.17, 15) is 9.90 Å². The minimum Gasteiger partial charge on any atom is -0.446 e. The number of rotatable bonds is 14. The van der Waals surface area contributed by atoms with Crippen LogP contribution in [0.25, 0.3) is 0 Å². The van der Waals surface area contributed by atoms with Gasteiger partial charge in [-0.3, -0.25) is 10.1 Å². The Morgan fingerprint density at radius 3 is 2.51 bits per heavy atom. The van der Waals surface area contributed by atoms with Crippen LogP contribution in [0, 0.1) is 5.92 Å². The van der Waals surface area contributed by atoms with E-state index in [0.717, 1.165) is 36.8 Å². The minimum absolute atomic E-state index is 0.0107. The van der Waals surface area contributed by atoms with Crippen molar-refractivity contribution in [2.75, 3.05) is 6.61 Å². The van der Waals surface area contributed by atoms with Crippen molar-refractivity contribution in [3.05, 3.63) is 76.6 Å². The predicted molar refractivity (Wildman–Crippen MR) is 139 cm³/mol. The molecule has 0 spiro atoms. The Balaban J connectivity index is 1.31. The minimum atomic E-state index is -1.03. The lowest BCUT2D eigenvalue weighted by Gasteiger charge is -2.35. The van der Waals surface area contributed by atoms with Crippen molar-refractivity contribution in [2.45, 2.75) is 76.9 Å². The zero-order valence-corrected chi connectivity index (χ0v) is 21.8. The van der Waals surface area contributed by atoms with Crippen LogP contribution in [0.15, 0.2) is 48.5 Å². The standard InChI is InChI=1S/C28H37N5O4/c1-19(24-11-7-6-8-21(24)12-13-26-30-32-33-31-26)36-17-25(35)27(37-18-34)29-28(2,3)16-20-14-22-9-4-5-10-23(22)15-20/h4-11,18-20,25,27,29,35H,12-17H2,1-3H3,(H,30,31,32,33)/t19-,25-,27?/m1/s1. The fraction of sp³-hybridized carbons (Fsp3) is 0.500. The molecule has 0 fully saturated rings. The predicted octanol–water partition coefficient (Wildman–Crippen LogP) is 3.10. The average molecular weight is 508 g/mol. The number of H-pyrrole nitrogens is 1. The molecule has 9 heteroatoms. The molecule has 2 aromatic carbocycles. The number of aromatic amines is 1. The van der Waals surface area contributed by atoms with Gasteiger partial charge >= 0.3 is 0 Å². The Hall–Kier alpha value is -3.14. The van der Waals surface area contributed by atoms with E-state index in [1.54, 1.807) is 0 Å². The molecule has 0 aliphatic heterocycles. The van der Waals surface area contributed by atoms with Crippen LogP contribution in [0.2, 0.25) is 0 Å². The highest BCUT2D eigenvalue weighted by molar-refractivity contribution is 5.37. The molecule has 1 aromatic heterocycles. The van der Waals surface area contributed by atoms with Crippen LogP contribution in [0.5, 0.6) is 0 Å². The number of aliphatic hydroxyl groups excluding tert-OH is 1. The van der Waals surface area contributed by atoms with E-state index in [0.29, 0.717) is 24.6 Å². The van der Waals surface area contributed by atoms with Gasteiger partial charge in [-0.1, -0.05) is 53.7 Å². The topological polar surface area (TPSA) is 122 Å². The highest BCUT2D eigenvalue weighted by Crippen LogP contribution is 2.32. The number of nitrogens with zero attached hydrogens (tertiary/aromatic N) is 3. The number of fused-ring (bicyclic) bond motifs is 1. The van der Waals surface area contributed by atoms with Crippen LogP contribution >= 0.6 is 0 Å². The van der Waals surface area contributed by atoms with Gasteiger partial charge in [-0.15, -0.1) is 10.2 Å². The van der Waals surface area contributed by atoms with Crippen molar-refractivity contribution >= 4 is 6.47 Å². The van der Waals surface area contributed by atoms with Crippen LogP contribution < -0.4 is 5.32 Å². The number of tetrazole rings is 1. The molecular weight excluding hydrogens is 470 g/mol. The number of hydrogen-bond donors (Lipinski definition) is 3. The molecule has 1 unspecified atom stereocenters. The van der Waals surface area contributed by atoms with E-state index in [4.69, 9.17) is 9.47 Å². The molecule has 0 saturated heterocycles. The van der Waals surface area contributed by atoms with Gasteiger partial charge in [0.05, 0.1) is 12.7 Å². The van der Waals surface area contributed by atoms with Crippen LogP contribution in [-0.4, -0.2) is 56.7 Å². The molecule has 3 N–H and O–H groups in total. The summed E-state index contributed by atoms with van der Waals surface area (Å²) in [6.45, 7) is 6.49. The van der Waals surface area contributed by atoms with Crippen molar-refractivity contribution in [3.8, 4) is 0 Å². The summed E-state index contributed by atoms with van der Waals surface area (Å²) < 4.78 is 11.3. The van der Waals surface area contributed by atoms with Gasteiger partial charge in [0.15, 0.2) is 12.1 Å². The van der Waals surface area contributed by atoms with Crippen molar-refractivity contribution in [1.29, 1.82) is 0 Å².